The van der Waals surface area contributed by atoms with Gasteiger partial charge in [-0.05, 0) is 22.0 Å². The van der Waals surface area contributed by atoms with E-state index in [1.54, 1.807) is 11.3 Å². The highest BCUT2D eigenvalue weighted by atomic mass is 79.9. The Kier molecular flexibility index (Phi) is 5.20. The van der Waals surface area contributed by atoms with E-state index in [1.165, 1.54) is 28.0 Å². The second-order valence-electron chi connectivity index (χ2n) is 3.62. The van der Waals surface area contributed by atoms with Crippen molar-refractivity contribution in [3.8, 4) is 0 Å². The van der Waals surface area contributed by atoms with Crippen LogP contribution in [0, 0.1) is 0 Å². The number of carbonyl (C=O) groups is 1. The summed E-state index contributed by atoms with van der Waals surface area (Å²) in [4.78, 5) is 13.7. The van der Waals surface area contributed by atoms with Crippen molar-refractivity contribution in [2.45, 2.75) is 10.9 Å². The number of aromatic nitrogens is 2. The second kappa shape index (κ2) is 6.69. The number of carboxylic acids is 1. The van der Waals surface area contributed by atoms with Crippen LogP contribution >= 0.6 is 50.4 Å². The first kappa shape index (κ1) is 14.8. The normalized spacial score (nSPS) is 10.6. The molecule has 2 heterocycles. The van der Waals surface area contributed by atoms with Crippen molar-refractivity contribution in [3.05, 3.63) is 20.8 Å². The second-order valence-corrected chi connectivity index (χ2v) is 7.71. The van der Waals surface area contributed by atoms with E-state index in [0.29, 0.717) is 4.34 Å². The molecular weight excluding hydrogens is 370 g/mol. The first-order chi connectivity index (χ1) is 9.04. The van der Waals surface area contributed by atoms with E-state index >= 15 is 0 Å². The summed E-state index contributed by atoms with van der Waals surface area (Å²) in [5.41, 5.74) is 0. The van der Waals surface area contributed by atoms with Gasteiger partial charge in [-0.3, -0.25) is 4.79 Å². The van der Waals surface area contributed by atoms with Gasteiger partial charge in [-0.15, -0.1) is 21.5 Å². The van der Waals surface area contributed by atoms with Crippen molar-refractivity contribution in [2.75, 3.05) is 17.7 Å². The molecular formula is C10H10BrN3O2S3. The van der Waals surface area contributed by atoms with E-state index in [-0.39, 0.29) is 5.75 Å². The zero-order valence-electron chi connectivity index (χ0n) is 9.87. The molecule has 0 atom stereocenters. The lowest BCUT2D eigenvalue weighted by Crippen LogP contribution is -2.15. The molecule has 0 fully saturated rings. The van der Waals surface area contributed by atoms with Crippen LogP contribution in [0.1, 0.15) is 4.88 Å². The van der Waals surface area contributed by atoms with E-state index < -0.39 is 5.97 Å². The molecule has 0 radical (unpaired) electrons. The lowest BCUT2D eigenvalue weighted by atomic mass is 10.4. The van der Waals surface area contributed by atoms with Crippen LogP contribution in [0.15, 0.2) is 20.3 Å². The standard InChI is InChI=1S/C10H10BrN3O2S3/c1-14(3-7-2-6(11)4-17-7)9-12-13-10(19-9)18-5-8(15)16/h2,4H,3,5H2,1H3,(H,15,16). The quantitative estimate of drug-likeness (QED) is 0.777. The summed E-state index contributed by atoms with van der Waals surface area (Å²) in [7, 11) is 1.94. The minimum atomic E-state index is -0.849. The van der Waals surface area contributed by atoms with Gasteiger partial charge < -0.3 is 10.0 Å². The van der Waals surface area contributed by atoms with Crippen molar-refractivity contribution < 1.29 is 9.90 Å². The Balaban J connectivity index is 1.95. The Bertz CT molecular complexity index is 572. The Morgan fingerprint density at radius 2 is 2.37 bits per heavy atom. The maximum absolute atomic E-state index is 10.5. The monoisotopic (exact) mass is 379 g/mol. The van der Waals surface area contributed by atoms with E-state index in [2.05, 4.69) is 32.2 Å². The molecule has 0 spiro atoms. The van der Waals surface area contributed by atoms with Gasteiger partial charge in [0.25, 0.3) is 0 Å². The Morgan fingerprint density at radius 1 is 1.58 bits per heavy atom. The first-order valence-electron chi connectivity index (χ1n) is 5.16. The lowest BCUT2D eigenvalue weighted by Gasteiger charge is -2.12. The molecule has 5 nitrogen and oxygen atoms in total. The third-order valence-corrected chi connectivity index (χ3v) is 5.89. The minimum absolute atomic E-state index is 0.0101. The highest BCUT2D eigenvalue weighted by Gasteiger charge is 2.11. The molecule has 0 saturated carbocycles. The number of hydrogen-bond acceptors (Lipinski definition) is 7. The van der Waals surface area contributed by atoms with Crippen LogP contribution in [0.4, 0.5) is 5.13 Å². The van der Waals surface area contributed by atoms with Crippen LogP contribution in [0.2, 0.25) is 0 Å². The number of halogens is 1. The smallest absolute Gasteiger partial charge is 0.313 e. The van der Waals surface area contributed by atoms with Gasteiger partial charge in [-0.2, -0.15) is 0 Å². The Hall–Kier alpha value is -0.640. The van der Waals surface area contributed by atoms with Gasteiger partial charge in [0.05, 0.1) is 12.3 Å². The van der Waals surface area contributed by atoms with Crippen molar-refractivity contribution in [3.63, 3.8) is 0 Å². The van der Waals surface area contributed by atoms with Crippen LogP contribution < -0.4 is 4.90 Å². The number of rotatable bonds is 6. The molecule has 2 aromatic heterocycles. The fourth-order valence-electron chi connectivity index (χ4n) is 1.28. The topological polar surface area (TPSA) is 66.3 Å². The van der Waals surface area contributed by atoms with Crippen LogP contribution in [-0.4, -0.2) is 34.1 Å². The molecule has 0 amide bonds. The van der Waals surface area contributed by atoms with Crippen molar-refractivity contribution in [1.82, 2.24) is 10.2 Å². The summed E-state index contributed by atoms with van der Waals surface area (Å²) >= 11 is 7.70. The summed E-state index contributed by atoms with van der Waals surface area (Å²) < 4.78 is 1.76. The molecule has 9 heteroatoms. The fourth-order valence-corrected chi connectivity index (χ4v) is 4.30. The fraction of sp³-hybridized carbons (Fsp3) is 0.300. The summed E-state index contributed by atoms with van der Waals surface area (Å²) in [6.07, 6.45) is 0. The van der Waals surface area contributed by atoms with E-state index in [1.807, 2.05) is 17.3 Å². The third kappa shape index (κ3) is 4.44. The van der Waals surface area contributed by atoms with Crippen LogP contribution in [-0.2, 0) is 11.3 Å². The van der Waals surface area contributed by atoms with E-state index in [4.69, 9.17) is 5.11 Å². The molecule has 19 heavy (non-hydrogen) atoms. The van der Waals surface area contributed by atoms with Gasteiger partial charge in [0, 0.05) is 21.8 Å². The first-order valence-corrected chi connectivity index (χ1v) is 8.64. The van der Waals surface area contributed by atoms with Crippen molar-refractivity contribution in [2.24, 2.45) is 0 Å². The maximum atomic E-state index is 10.5. The Labute approximate surface area is 130 Å². The number of thiophene rings is 1. The van der Waals surface area contributed by atoms with Crippen LogP contribution in [0.5, 0.6) is 0 Å². The summed E-state index contributed by atoms with van der Waals surface area (Å²) in [6.45, 7) is 0.758. The highest BCUT2D eigenvalue weighted by Crippen LogP contribution is 2.29. The zero-order valence-corrected chi connectivity index (χ0v) is 13.9. The molecule has 0 aromatic carbocycles. The molecule has 1 N–H and O–H groups in total. The molecule has 2 rings (SSSR count). The predicted molar refractivity (Wildman–Crippen MR) is 82.4 cm³/mol. The lowest BCUT2D eigenvalue weighted by molar-refractivity contribution is -0.133. The minimum Gasteiger partial charge on any atom is -0.481 e. The third-order valence-electron chi connectivity index (χ3n) is 2.06. The molecule has 0 unspecified atom stereocenters. The van der Waals surface area contributed by atoms with Gasteiger partial charge >= 0.3 is 5.97 Å². The van der Waals surface area contributed by atoms with E-state index in [0.717, 1.165) is 16.1 Å². The van der Waals surface area contributed by atoms with Gasteiger partial charge in [-0.25, -0.2) is 0 Å². The van der Waals surface area contributed by atoms with Crippen molar-refractivity contribution in [1.29, 1.82) is 0 Å². The summed E-state index contributed by atoms with van der Waals surface area (Å²) in [6, 6.07) is 2.07. The number of anilines is 1. The molecule has 0 aliphatic carbocycles. The van der Waals surface area contributed by atoms with Crippen LogP contribution in [0.25, 0.3) is 0 Å². The van der Waals surface area contributed by atoms with E-state index in [9.17, 15) is 4.79 Å². The number of carboxylic acid groups (broad SMARTS) is 1. The van der Waals surface area contributed by atoms with Crippen LogP contribution in [0.3, 0.4) is 0 Å². The number of nitrogens with zero attached hydrogens (tertiary/aromatic N) is 3. The number of aliphatic carboxylic acids is 1. The number of thioether (sulfide) groups is 1. The maximum Gasteiger partial charge on any atom is 0.313 e. The molecule has 102 valence electrons. The van der Waals surface area contributed by atoms with Gasteiger partial charge in [0.2, 0.25) is 5.13 Å². The average molecular weight is 380 g/mol. The van der Waals surface area contributed by atoms with Gasteiger partial charge in [0.15, 0.2) is 4.34 Å². The predicted octanol–water partition coefficient (Wildman–Crippen LogP) is 3.18. The van der Waals surface area contributed by atoms with Gasteiger partial charge in [-0.1, -0.05) is 23.1 Å². The Morgan fingerprint density at radius 3 is 3.00 bits per heavy atom. The highest BCUT2D eigenvalue weighted by molar-refractivity contribution is 9.10. The molecule has 2 aromatic rings. The molecule has 0 aliphatic heterocycles. The summed E-state index contributed by atoms with van der Waals surface area (Å²) in [5.74, 6) is -0.838. The summed E-state index contributed by atoms with van der Waals surface area (Å²) in [5, 5.41) is 19.5. The largest absolute Gasteiger partial charge is 0.481 e. The van der Waals surface area contributed by atoms with Crippen molar-refractivity contribution >= 4 is 61.5 Å². The molecule has 0 bridgehead atoms. The van der Waals surface area contributed by atoms with Gasteiger partial charge in [0.1, 0.15) is 0 Å². The average Bonchev–Trinajstić information content (AvgIpc) is 2.95. The molecule has 0 saturated heterocycles. The molecule has 0 aliphatic rings. The zero-order chi connectivity index (χ0) is 13.8. The number of hydrogen-bond donors (Lipinski definition) is 1. The SMILES string of the molecule is CN(Cc1cc(Br)cs1)c1nnc(SCC(=O)O)s1.